The van der Waals surface area contributed by atoms with Gasteiger partial charge in [-0.1, -0.05) is 64.4 Å². The van der Waals surface area contributed by atoms with Crippen LogP contribution >= 0.6 is 9.24 Å². The molecule has 2 unspecified atom stereocenters. The van der Waals surface area contributed by atoms with Crippen molar-refractivity contribution >= 4 is 9.24 Å². The molecule has 1 rings (SSSR count). The van der Waals surface area contributed by atoms with Crippen molar-refractivity contribution in [2.75, 3.05) is 0 Å². The van der Waals surface area contributed by atoms with E-state index in [1.807, 2.05) is 13.8 Å². The average molecular weight is 238 g/mol. The molecule has 0 aliphatic carbocycles. The molecule has 0 nitrogen and oxygen atoms in total. The summed E-state index contributed by atoms with van der Waals surface area (Å²) in [6, 6.07) is 8.85. The summed E-state index contributed by atoms with van der Waals surface area (Å²) in [6.07, 6.45) is 1.21. The molecule has 1 aromatic rings. The average Bonchev–Trinajstić information content (AvgIpc) is 2.19. The summed E-state index contributed by atoms with van der Waals surface area (Å²) < 4.78 is 0. The van der Waals surface area contributed by atoms with Gasteiger partial charge in [-0.05, 0) is 30.0 Å². The molecule has 2 atom stereocenters. The standard InChI is InChI=1S/C13H21P.C2H6/c1-10-5-7-11(8-6-10)12(14)9-13(2,3)4;1-2/h5-8,12H,9,14H2,1-4H3;1-2H3. The van der Waals surface area contributed by atoms with E-state index in [2.05, 4.69) is 61.2 Å². The predicted octanol–water partition coefficient (Wildman–Crippen LogP) is 5.37. The molecule has 0 N–H and O–H groups in total. The van der Waals surface area contributed by atoms with Crippen LogP contribution in [0.3, 0.4) is 0 Å². The van der Waals surface area contributed by atoms with Crippen molar-refractivity contribution in [1.82, 2.24) is 0 Å². The molecule has 0 fully saturated rings. The Morgan fingerprint density at radius 1 is 1.06 bits per heavy atom. The van der Waals surface area contributed by atoms with Crippen molar-refractivity contribution in [3.63, 3.8) is 0 Å². The van der Waals surface area contributed by atoms with E-state index in [9.17, 15) is 0 Å². The highest BCUT2D eigenvalue weighted by atomic mass is 31.0. The van der Waals surface area contributed by atoms with Crippen LogP contribution in [0.4, 0.5) is 0 Å². The third kappa shape index (κ3) is 6.28. The minimum absolute atomic E-state index is 0.400. The van der Waals surface area contributed by atoms with Gasteiger partial charge in [0, 0.05) is 0 Å². The first-order valence-corrected chi connectivity index (χ1v) is 6.87. The minimum Gasteiger partial charge on any atom is -0.130 e. The fraction of sp³-hybridized carbons (Fsp3) is 0.600. The van der Waals surface area contributed by atoms with Gasteiger partial charge in [-0.2, -0.15) is 0 Å². The molecule has 16 heavy (non-hydrogen) atoms. The lowest BCUT2D eigenvalue weighted by Gasteiger charge is -2.23. The van der Waals surface area contributed by atoms with Gasteiger partial charge >= 0.3 is 0 Å². The zero-order valence-electron chi connectivity index (χ0n) is 11.7. The maximum Gasteiger partial charge on any atom is -0.000961 e. The quantitative estimate of drug-likeness (QED) is 0.607. The van der Waals surface area contributed by atoms with Gasteiger partial charge in [0.25, 0.3) is 0 Å². The van der Waals surface area contributed by atoms with Crippen molar-refractivity contribution in [1.29, 1.82) is 0 Å². The molecule has 0 aliphatic heterocycles. The Balaban J connectivity index is 0.00000106. The SMILES string of the molecule is CC.Cc1ccc(C(P)CC(C)(C)C)cc1. The Labute approximate surface area is 104 Å². The zero-order valence-corrected chi connectivity index (χ0v) is 12.8. The van der Waals surface area contributed by atoms with Crippen molar-refractivity contribution < 1.29 is 0 Å². The largest absolute Gasteiger partial charge is 0.130 e. The Hall–Kier alpha value is -0.350. The molecule has 0 aromatic heterocycles. The van der Waals surface area contributed by atoms with E-state index >= 15 is 0 Å². The van der Waals surface area contributed by atoms with Gasteiger partial charge in [-0.25, -0.2) is 0 Å². The van der Waals surface area contributed by atoms with Crippen molar-refractivity contribution in [2.24, 2.45) is 5.41 Å². The van der Waals surface area contributed by atoms with Crippen LogP contribution in [0.15, 0.2) is 24.3 Å². The molecule has 0 saturated carbocycles. The molecule has 0 radical (unpaired) electrons. The Bertz CT molecular complexity index is 279. The van der Waals surface area contributed by atoms with E-state index in [1.54, 1.807) is 0 Å². The first kappa shape index (κ1) is 15.7. The molecule has 0 spiro atoms. The third-order valence-corrected chi connectivity index (χ3v) is 2.96. The summed E-state index contributed by atoms with van der Waals surface area (Å²) in [5, 5.41) is 0. The van der Waals surface area contributed by atoms with E-state index in [1.165, 1.54) is 17.5 Å². The van der Waals surface area contributed by atoms with Gasteiger partial charge in [0.2, 0.25) is 0 Å². The number of aryl methyl sites for hydroxylation is 1. The van der Waals surface area contributed by atoms with Crippen LogP contribution in [0.5, 0.6) is 0 Å². The number of benzene rings is 1. The van der Waals surface area contributed by atoms with Gasteiger partial charge in [0.05, 0.1) is 0 Å². The van der Waals surface area contributed by atoms with Gasteiger partial charge in [-0.15, -0.1) is 9.24 Å². The fourth-order valence-electron chi connectivity index (χ4n) is 1.59. The lowest BCUT2D eigenvalue weighted by atomic mass is 9.88. The number of hydrogen-bond acceptors (Lipinski definition) is 0. The summed E-state index contributed by atoms with van der Waals surface area (Å²) in [7, 11) is 2.95. The monoisotopic (exact) mass is 238 g/mol. The molecule has 0 bridgehead atoms. The highest BCUT2D eigenvalue weighted by molar-refractivity contribution is 7.17. The normalized spacial score (nSPS) is 12.7. The first-order chi connectivity index (χ1) is 7.38. The van der Waals surface area contributed by atoms with E-state index in [0.717, 1.165) is 0 Å². The van der Waals surface area contributed by atoms with Crippen LogP contribution in [0.2, 0.25) is 0 Å². The molecular weight excluding hydrogens is 211 g/mol. The van der Waals surface area contributed by atoms with Gasteiger partial charge < -0.3 is 0 Å². The molecule has 0 heterocycles. The van der Waals surface area contributed by atoms with Crippen LogP contribution < -0.4 is 0 Å². The van der Waals surface area contributed by atoms with Gasteiger partial charge in [0.1, 0.15) is 0 Å². The van der Waals surface area contributed by atoms with Crippen LogP contribution in [-0.2, 0) is 0 Å². The van der Waals surface area contributed by atoms with Gasteiger partial charge in [0.15, 0.2) is 0 Å². The second-order valence-electron chi connectivity index (χ2n) is 5.28. The summed E-state index contributed by atoms with van der Waals surface area (Å²) in [4.78, 5) is 0. The summed E-state index contributed by atoms with van der Waals surface area (Å²) >= 11 is 0. The lowest BCUT2D eigenvalue weighted by molar-refractivity contribution is 0.374. The van der Waals surface area contributed by atoms with E-state index in [0.29, 0.717) is 11.1 Å². The predicted molar refractivity (Wildman–Crippen MR) is 79.1 cm³/mol. The molecule has 0 amide bonds. The highest BCUT2D eigenvalue weighted by Crippen LogP contribution is 2.35. The number of hydrogen-bond donors (Lipinski definition) is 0. The molecule has 1 heteroatoms. The van der Waals surface area contributed by atoms with Crippen LogP contribution in [-0.4, -0.2) is 0 Å². The molecule has 92 valence electrons. The third-order valence-electron chi connectivity index (χ3n) is 2.34. The Morgan fingerprint density at radius 2 is 1.50 bits per heavy atom. The van der Waals surface area contributed by atoms with E-state index in [4.69, 9.17) is 0 Å². The van der Waals surface area contributed by atoms with Crippen LogP contribution in [0, 0.1) is 12.3 Å². The maximum absolute atomic E-state index is 2.95. The number of rotatable bonds is 2. The van der Waals surface area contributed by atoms with Crippen LogP contribution in [0.1, 0.15) is 57.8 Å². The van der Waals surface area contributed by atoms with Crippen molar-refractivity contribution in [2.45, 2.75) is 53.6 Å². The van der Waals surface area contributed by atoms with Crippen LogP contribution in [0.25, 0.3) is 0 Å². The Kier molecular flexibility index (Phi) is 6.91. The second kappa shape index (κ2) is 7.07. The Morgan fingerprint density at radius 3 is 1.88 bits per heavy atom. The fourth-order valence-corrected chi connectivity index (χ4v) is 2.52. The molecule has 0 aliphatic rings. The summed E-state index contributed by atoms with van der Waals surface area (Å²) in [5.74, 6) is 0. The van der Waals surface area contributed by atoms with Gasteiger partial charge in [-0.3, -0.25) is 0 Å². The maximum atomic E-state index is 2.95. The molecular formula is C15H27P. The van der Waals surface area contributed by atoms with Crippen molar-refractivity contribution in [3.05, 3.63) is 35.4 Å². The lowest BCUT2D eigenvalue weighted by Crippen LogP contribution is -2.08. The van der Waals surface area contributed by atoms with E-state index in [-0.39, 0.29) is 0 Å². The first-order valence-electron chi connectivity index (χ1n) is 6.21. The smallest absolute Gasteiger partial charge is 0.000961 e. The second-order valence-corrected chi connectivity index (χ2v) is 6.09. The van der Waals surface area contributed by atoms with E-state index < -0.39 is 0 Å². The minimum atomic E-state index is 0.400. The topological polar surface area (TPSA) is 0 Å². The summed E-state index contributed by atoms with van der Waals surface area (Å²) in [6.45, 7) is 13.0. The molecule has 1 aromatic carbocycles. The van der Waals surface area contributed by atoms with Crippen molar-refractivity contribution in [3.8, 4) is 0 Å². The summed E-state index contributed by atoms with van der Waals surface area (Å²) in [5.41, 5.74) is 3.74. The molecule has 0 saturated heterocycles. The highest BCUT2D eigenvalue weighted by Gasteiger charge is 2.16. The zero-order chi connectivity index (χ0) is 12.8.